The van der Waals surface area contributed by atoms with Crippen LogP contribution in [0.3, 0.4) is 0 Å². The summed E-state index contributed by atoms with van der Waals surface area (Å²) in [6.07, 6.45) is 2.10. The molecule has 1 N–H and O–H groups in total. The number of rotatable bonds is 2. The Balaban J connectivity index is 2.08. The van der Waals surface area contributed by atoms with Gasteiger partial charge in [-0.1, -0.05) is 29.8 Å². The van der Waals surface area contributed by atoms with Crippen LogP contribution in [0.25, 0.3) is 0 Å². The van der Waals surface area contributed by atoms with Gasteiger partial charge in [-0.2, -0.15) is 0 Å². The summed E-state index contributed by atoms with van der Waals surface area (Å²) in [5.74, 6) is 0.268. The van der Waals surface area contributed by atoms with E-state index in [9.17, 15) is 9.18 Å². The summed E-state index contributed by atoms with van der Waals surface area (Å²) in [5.41, 5.74) is 0.116. The third kappa shape index (κ3) is 2.74. The second-order valence-corrected chi connectivity index (χ2v) is 6.03. The van der Waals surface area contributed by atoms with E-state index < -0.39 is 5.82 Å². The van der Waals surface area contributed by atoms with E-state index in [0.717, 1.165) is 12.8 Å². The summed E-state index contributed by atoms with van der Waals surface area (Å²) in [4.78, 5) is 12.0. The van der Waals surface area contributed by atoms with Crippen molar-refractivity contribution in [1.29, 1.82) is 0 Å². The van der Waals surface area contributed by atoms with E-state index in [4.69, 9.17) is 0 Å². The first kappa shape index (κ1) is 13.5. The number of hydrogen-bond donors (Lipinski definition) is 1. The minimum atomic E-state index is -0.486. The second-order valence-electron chi connectivity index (χ2n) is 5.12. The molecule has 1 aliphatic rings. The number of amides is 1. The quantitative estimate of drug-likeness (QED) is 0.885. The summed E-state index contributed by atoms with van der Waals surface area (Å²) in [6.45, 7) is 4.33. The highest BCUT2D eigenvalue weighted by molar-refractivity contribution is 9.10. The molecular formula is C14H17BrFNO. The lowest BCUT2D eigenvalue weighted by Gasteiger charge is -2.19. The monoisotopic (exact) mass is 313 g/mol. The zero-order valence-electron chi connectivity index (χ0n) is 10.5. The fourth-order valence-electron chi connectivity index (χ4n) is 2.49. The van der Waals surface area contributed by atoms with Gasteiger partial charge in [0, 0.05) is 10.5 Å². The number of carbonyl (C=O) groups is 1. The second kappa shape index (κ2) is 5.39. The summed E-state index contributed by atoms with van der Waals surface area (Å²) < 4.78 is 14.3. The Kier molecular flexibility index (Phi) is 4.05. The van der Waals surface area contributed by atoms with E-state index in [2.05, 4.69) is 35.1 Å². The molecule has 4 heteroatoms. The maximum absolute atomic E-state index is 13.7. The molecule has 1 aliphatic carbocycles. The highest BCUT2D eigenvalue weighted by Crippen LogP contribution is 2.31. The highest BCUT2D eigenvalue weighted by atomic mass is 79.9. The minimum absolute atomic E-state index is 0.116. The fraction of sp³-hybridized carbons (Fsp3) is 0.500. The zero-order valence-corrected chi connectivity index (χ0v) is 12.1. The van der Waals surface area contributed by atoms with Gasteiger partial charge in [-0.25, -0.2) is 4.39 Å². The summed E-state index contributed by atoms with van der Waals surface area (Å²) >= 11 is 3.18. The van der Waals surface area contributed by atoms with Gasteiger partial charge in [0.25, 0.3) is 5.91 Å². The summed E-state index contributed by atoms with van der Waals surface area (Å²) in [6, 6.07) is 4.67. The molecule has 0 aliphatic heterocycles. The van der Waals surface area contributed by atoms with Crippen molar-refractivity contribution < 1.29 is 9.18 Å². The molecule has 0 saturated heterocycles. The van der Waals surface area contributed by atoms with Gasteiger partial charge in [-0.15, -0.1) is 0 Å². The van der Waals surface area contributed by atoms with Gasteiger partial charge in [0.2, 0.25) is 0 Å². The molecule has 0 bridgehead atoms. The van der Waals surface area contributed by atoms with E-state index >= 15 is 0 Å². The van der Waals surface area contributed by atoms with Crippen LogP contribution in [0, 0.1) is 17.7 Å². The SMILES string of the molecule is CC1CCC(NC(=O)c2ccc(Br)cc2F)C1C. The number of nitrogens with one attached hydrogen (secondary N) is 1. The van der Waals surface area contributed by atoms with Gasteiger partial charge in [-0.3, -0.25) is 4.79 Å². The Morgan fingerprint density at radius 2 is 2.11 bits per heavy atom. The first-order chi connectivity index (χ1) is 8.49. The molecule has 1 saturated carbocycles. The molecule has 0 radical (unpaired) electrons. The van der Waals surface area contributed by atoms with Crippen LogP contribution in [0.4, 0.5) is 4.39 Å². The van der Waals surface area contributed by atoms with E-state index in [1.165, 1.54) is 12.1 Å². The predicted octanol–water partition coefficient (Wildman–Crippen LogP) is 3.75. The highest BCUT2D eigenvalue weighted by Gasteiger charge is 2.31. The molecule has 2 nitrogen and oxygen atoms in total. The van der Waals surface area contributed by atoms with Crippen molar-refractivity contribution in [3.8, 4) is 0 Å². The van der Waals surface area contributed by atoms with Crippen molar-refractivity contribution >= 4 is 21.8 Å². The molecule has 3 atom stereocenters. The van der Waals surface area contributed by atoms with Crippen molar-refractivity contribution in [1.82, 2.24) is 5.32 Å². The fourth-order valence-corrected chi connectivity index (χ4v) is 2.82. The Morgan fingerprint density at radius 3 is 2.67 bits per heavy atom. The van der Waals surface area contributed by atoms with Crippen LogP contribution in [0.5, 0.6) is 0 Å². The lowest BCUT2D eigenvalue weighted by Crippen LogP contribution is -2.37. The van der Waals surface area contributed by atoms with Crippen molar-refractivity contribution in [3.05, 3.63) is 34.1 Å². The normalized spacial score (nSPS) is 27.2. The molecule has 1 fully saturated rings. The van der Waals surface area contributed by atoms with Crippen LogP contribution in [0.15, 0.2) is 22.7 Å². The van der Waals surface area contributed by atoms with Crippen molar-refractivity contribution in [2.24, 2.45) is 11.8 Å². The molecule has 2 rings (SSSR count). The average Bonchev–Trinajstić information content (AvgIpc) is 2.61. The summed E-state index contributed by atoms with van der Waals surface area (Å²) in [5, 5.41) is 2.94. The number of hydrogen-bond acceptors (Lipinski definition) is 1. The number of carbonyl (C=O) groups excluding carboxylic acids is 1. The molecule has 0 aromatic heterocycles. The average molecular weight is 314 g/mol. The Labute approximate surface area is 115 Å². The van der Waals surface area contributed by atoms with Crippen LogP contribution in [0.2, 0.25) is 0 Å². The van der Waals surface area contributed by atoms with Gasteiger partial charge >= 0.3 is 0 Å². The lowest BCUT2D eigenvalue weighted by molar-refractivity contribution is 0.0923. The standard InChI is InChI=1S/C14H17BrFNO/c1-8-3-6-13(9(8)2)17-14(18)11-5-4-10(15)7-12(11)16/h4-5,7-9,13H,3,6H2,1-2H3,(H,17,18). The Hall–Kier alpha value is -0.900. The van der Waals surface area contributed by atoms with E-state index in [0.29, 0.717) is 16.3 Å². The van der Waals surface area contributed by atoms with Crippen molar-refractivity contribution in [2.45, 2.75) is 32.7 Å². The van der Waals surface area contributed by atoms with Crippen LogP contribution < -0.4 is 5.32 Å². The van der Waals surface area contributed by atoms with Crippen LogP contribution >= 0.6 is 15.9 Å². The third-order valence-electron chi connectivity index (χ3n) is 3.96. The topological polar surface area (TPSA) is 29.1 Å². The lowest BCUT2D eigenvalue weighted by atomic mass is 9.97. The molecule has 0 spiro atoms. The van der Waals surface area contributed by atoms with Gasteiger partial charge in [0.1, 0.15) is 5.82 Å². The van der Waals surface area contributed by atoms with Gasteiger partial charge < -0.3 is 5.32 Å². The minimum Gasteiger partial charge on any atom is -0.349 e. The molecule has 1 amide bonds. The molecule has 0 heterocycles. The third-order valence-corrected chi connectivity index (χ3v) is 4.45. The van der Waals surface area contributed by atoms with Crippen molar-refractivity contribution in [2.75, 3.05) is 0 Å². The molecule has 3 unspecified atom stereocenters. The number of benzene rings is 1. The molecule has 1 aromatic carbocycles. The summed E-state index contributed by atoms with van der Waals surface area (Å²) in [7, 11) is 0. The van der Waals surface area contributed by atoms with Crippen LogP contribution in [-0.2, 0) is 0 Å². The van der Waals surface area contributed by atoms with E-state index in [1.807, 2.05) is 0 Å². The van der Waals surface area contributed by atoms with Gasteiger partial charge in [0.15, 0.2) is 0 Å². The Bertz CT molecular complexity index is 463. The van der Waals surface area contributed by atoms with Crippen LogP contribution in [0.1, 0.15) is 37.0 Å². The van der Waals surface area contributed by atoms with E-state index in [-0.39, 0.29) is 17.5 Å². The molecule has 1 aromatic rings. The molecular weight excluding hydrogens is 297 g/mol. The Morgan fingerprint density at radius 1 is 1.39 bits per heavy atom. The van der Waals surface area contributed by atoms with Crippen molar-refractivity contribution in [3.63, 3.8) is 0 Å². The first-order valence-electron chi connectivity index (χ1n) is 6.25. The predicted molar refractivity (Wildman–Crippen MR) is 72.9 cm³/mol. The van der Waals surface area contributed by atoms with Gasteiger partial charge in [-0.05, 0) is 42.9 Å². The molecule has 18 heavy (non-hydrogen) atoms. The maximum atomic E-state index is 13.7. The first-order valence-corrected chi connectivity index (χ1v) is 7.04. The molecule has 98 valence electrons. The van der Waals surface area contributed by atoms with E-state index in [1.54, 1.807) is 6.07 Å². The number of halogens is 2. The van der Waals surface area contributed by atoms with Crippen LogP contribution in [-0.4, -0.2) is 11.9 Å². The zero-order chi connectivity index (χ0) is 13.3. The maximum Gasteiger partial charge on any atom is 0.254 e. The smallest absolute Gasteiger partial charge is 0.254 e. The van der Waals surface area contributed by atoms with Gasteiger partial charge in [0.05, 0.1) is 5.56 Å². The largest absolute Gasteiger partial charge is 0.349 e.